The van der Waals surface area contributed by atoms with Gasteiger partial charge in [0.1, 0.15) is 5.82 Å². The normalized spacial score (nSPS) is 19.2. The van der Waals surface area contributed by atoms with Crippen molar-refractivity contribution in [3.63, 3.8) is 0 Å². The number of carbonyl (C=O) groups excluding carboxylic acids is 2. The standard InChI is InChI=1S/C13H15FN2O2/c1-13(2)6-11(17)16(12(18)7-13)10-5-8(14)3-4-9(10)15/h3-5H,6-7,15H2,1-2H3. The van der Waals surface area contributed by atoms with Crippen molar-refractivity contribution in [1.82, 2.24) is 0 Å². The molecule has 0 aromatic heterocycles. The Morgan fingerprint density at radius 2 is 1.78 bits per heavy atom. The van der Waals surface area contributed by atoms with Gasteiger partial charge in [-0.05, 0) is 17.5 Å². The van der Waals surface area contributed by atoms with Gasteiger partial charge in [-0.2, -0.15) is 0 Å². The molecule has 96 valence electrons. The average Bonchev–Trinajstić information content (AvgIpc) is 2.20. The van der Waals surface area contributed by atoms with Gasteiger partial charge in [-0.3, -0.25) is 9.59 Å². The van der Waals surface area contributed by atoms with Crippen LogP contribution in [0.25, 0.3) is 0 Å². The summed E-state index contributed by atoms with van der Waals surface area (Å²) < 4.78 is 13.2. The number of piperidine rings is 1. The maximum Gasteiger partial charge on any atom is 0.234 e. The fraction of sp³-hybridized carbons (Fsp3) is 0.385. The number of benzene rings is 1. The molecule has 1 aliphatic rings. The highest BCUT2D eigenvalue weighted by Gasteiger charge is 2.38. The molecule has 1 aromatic rings. The Morgan fingerprint density at radius 3 is 2.33 bits per heavy atom. The minimum atomic E-state index is -0.523. The number of halogens is 1. The van der Waals surface area contributed by atoms with Crippen molar-refractivity contribution in [2.45, 2.75) is 26.7 Å². The zero-order valence-corrected chi connectivity index (χ0v) is 10.4. The quantitative estimate of drug-likeness (QED) is 0.613. The van der Waals surface area contributed by atoms with E-state index in [1.807, 2.05) is 13.8 Å². The first kappa shape index (κ1) is 12.5. The lowest BCUT2D eigenvalue weighted by Gasteiger charge is -2.35. The van der Waals surface area contributed by atoms with E-state index in [1.54, 1.807) is 0 Å². The zero-order chi connectivity index (χ0) is 13.5. The minimum absolute atomic E-state index is 0.139. The van der Waals surface area contributed by atoms with Crippen LogP contribution in [0.1, 0.15) is 26.7 Å². The number of hydrogen-bond acceptors (Lipinski definition) is 3. The Balaban J connectivity index is 2.42. The molecular weight excluding hydrogens is 235 g/mol. The lowest BCUT2D eigenvalue weighted by Crippen LogP contribution is -2.46. The highest BCUT2D eigenvalue weighted by molar-refractivity contribution is 6.18. The second-order valence-corrected chi connectivity index (χ2v) is 5.34. The van der Waals surface area contributed by atoms with Gasteiger partial charge in [-0.15, -0.1) is 0 Å². The molecule has 2 amide bonds. The summed E-state index contributed by atoms with van der Waals surface area (Å²) in [6, 6.07) is 3.66. The van der Waals surface area contributed by atoms with E-state index in [4.69, 9.17) is 5.73 Å². The number of nitrogen functional groups attached to an aromatic ring is 1. The SMILES string of the molecule is CC1(C)CC(=O)N(c2cc(F)ccc2N)C(=O)C1. The van der Waals surface area contributed by atoms with Gasteiger partial charge < -0.3 is 5.73 Å². The van der Waals surface area contributed by atoms with Gasteiger partial charge in [0.15, 0.2) is 0 Å². The average molecular weight is 250 g/mol. The molecular formula is C13H15FN2O2. The van der Waals surface area contributed by atoms with Crippen molar-refractivity contribution in [2.75, 3.05) is 10.6 Å². The summed E-state index contributed by atoms with van der Waals surface area (Å²) in [5.74, 6) is -1.20. The van der Waals surface area contributed by atoms with Gasteiger partial charge in [0.2, 0.25) is 11.8 Å². The van der Waals surface area contributed by atoms with Crippen LogP contribution in [-0.2, 0) is 9.59 Å². The fourth-order valence-electron chi connectivity index (χ4n) is 2.16. The van der Waals surface area contributed by atoms with E-state index in [0.717, 1.165) is 11.0 Å². The van der Waals surface area contributed by atoms with E-state index in [9.17, 15) is 14.0 Å². The molecule has 4 nitrogen and oxygen atoms in total. The third kappa shape index (κ3) is 2.20. The summed E-state index contributed by atoms with van der Waals surface area (Å²) in [6.07, 6.45) is 0.489. The Labute approximate surface area is 105 Å². The molecule has 1 aliphatic heterocycles. The highest BCUT2D eigenvalue weighted by Crippen LogP contribution is 2.36. The van der Waals surface area contributed by atoms with Gasteiger partial charge >= 0.3 is 0 Å². The number of rotatable bonds is 1. The summed E-state index contributed by atoms with van der Waals surface area (Å²) in [4.78, 5) is 25.0. The second-order valence-electron chi connectivity index (χ2n) is 5.34. The Kier molecular flexibility index (Phi) is 2.84. The van der Waals surface area contributed by atoms with E-state index in [2.05, 4.69) is 0 Å². The van der Waals surface area contributed by atoms with Crippen molar-refractivity contribution in [1.29, 1.82) is 0 Å². The molecule has 2 rings (SSSR count). The predicted octanol–water partition coefficient (Wildman–Crippen LogP) is 2.09. The smallest absolute Gasteiger partial charge is 0.234 e. The van der Waals surface area contributed by atoms with Gasteiger partial charge in [-0.1, -0.05) is 13.8 Å². The number of anilines is 2. The molecule has 0 unspecified atom stereocenters. The van der Waals surface area contributed by atoms with Crippen LogP contribution in [0.3, 0.4) is 0 Å². The summed E-state index contributed by atoms with van der Waals surface area (Å²) in [6.45, 7) is 3.71. The number of carbonyl (C=O) groups is 2. The molecule has 1 aromatic carbocycles. The maximum atomic E-state index is 13.2. The zero-order valence-electron chi connectivity index (χ0n) is 10.4. The molecule has 0 spiro atoms. The van der Waals surface area contributed by atoms with Crippen molar-refractivity contribution >= 4 is 23.2 Å². The first-order valence-electron chi connectivity index (χ1n) is 5.71. The number of nitrogens with zero attached hydrogens (tertiary/aromatic N) is 1. The fourth-order valence-corrected chi connectivity index (χ4v) is 2.16. The van der Waals surface area contributed by atoms with E-state index < -0.39 is 5.82 Å². The molecule has 0 saturated carbocycles. The van der Waals surface area contributed by atoms with Gasteiger partial charge in [0, 0.05) is 18.9 Å². The largest absolute Gasteiger partial charge is 0.397 e. The van der Waals surface area contributed by atoms with Crippen molar-refractivity contribution in [2.24, 2.45) is 5.41 Å². The van der Waals surface area contributed by atoms with Crippen molar-refractivity contribution in [3.8, 4) is 0 Å². The van der Waals surface area contributed by atoms with Crippen LogP contribution in [0.15, 0.2) is 18.2 Å². The number of nitrogens with two attached hydrogens (primary N) is 1. The van der Waals surface area contributed by atoms with Crippen LogP contribution in [0, 0.1) is 11.2 Å². The maximum absolute atomic E-state index is 13.2. The Morgan fingerprint density at radius 1 is 1.22 bits per heavy atom. The van der Waals surface area contributed by atoms with Gasteiger partial charge in [0.05, 0.1) is 11.4 Å². The topological polar surface area (TPSA) is 63.4 Å². The minimum Gasteiger partial charge on any atom is -0.397 e. The van der Waals surface area contributed by atoms with Gasteiger partial charge in [-0.25, -0.2) is 9.29 Å². The second kappa shape index (κ2) is 4.08. The Bertz CT molecular complexity index is 506. The molecule has 5 heteroatoms. The molecule has 1 saturated heterocycles. The van der Waals surface area contributed by atoms with E-state index in [0.29, 0.717) is 0 Å². The predicted molar refractivity (Wildman–Crippen MR) is 66.3 cm³/mol. The molecule has 0 atom stereocenters. The summed E-state index contributed by atoms with van der Waals surface area (Å²) in [5, 5.41) is 0. The monoisotopic (exact) mass is 250 g/mol. The van der Waals surface area contributed by atoms with Gasteiger partial charge in [0.25, 0.3) is 0 Å². The van der Waals surface area contributed by atoms with Crippen molar-refractivity contribution < 1.29 is 14.0 Å². The third-order valence-corrected chi connectivity index (χ3v) is 2.99. The molecule has 18 heavy (non-hydrogen) atoms. The lowest BCUT2D eigenvalue weighted by atomic mass is 9.81. The molecule has 1 heterocycles. The van der Waals surface area contributed by atoms with Crippen LogP contribution in [0.4, 0.5) is 15.8 Å². The number of hydrogen-bond donors (Lipinski definition) is 1. The van der Waals surface area contributed by atoms with Crippen LogP contribution < -0.4 is 10.6 Å². The van der Waals surface area contributed by atoms with Crippen LogP contribution in [0.5, 0.6) is 0 Å². The van der Waals surface area contributed by atoms with E-state index >= 15 is 0 Å². The number of imide groups is 1. The van der Waals surface area contributed by atoms with Crippen LogP contribution in [-0.4, -0.2) is 11.8 Å². The molecule has 0 radical (unpaired) electrons. The van der Waals surface area contributed by atoms with Crippen LogP contribution in [0.2, 0.25) is 0 Å². The Hall–Kier alpha value is -1.91. The molecule has 0 bridgehead atoms. The third-order valence-electron chi connectivity index (χ3n) is 2.99. The van der Waals surface area contributed by atoms with E-state index in [1.165, 1.54) is 12.1 Å². The lowest BCUT2D eigenvalue weighted by molar-refractivity contribution is -0.132. The summed E-state index contributed by atoms with van der Waals surface area (Å²) >= 11 is 0. The molecule has 2 N–H and O–H groups in total. The van der Waals surface area contributed by atoms with Crippen molar-refractivity contribution in [3.05, 3.63) is 24.0 Å². The molecule has 0 aliphatic carbocycles. The van der Waals surface area contributed by atoms with E-state index in [-0.39, 0.29) is 41.4 Å². The number of amides is 2. The highest BCUT2D eigenvalue weighted by atomic mass is 19.1. The van der Waals surface area contributed by atoms with Crippen LogP contribution >= 0.6 is 0 Å². The summed E-state index contributed by atoms with van der Waals surface area (Å²) in [7, 11) is 0. The first-order valence-corrected chi connectivity index (χ1v) is 5.71. The first-order chi connectivity index (χ1) is 8.30. The molecule has 1 fully saturated rings. The summed E-state index contributed by atoms with van der Waals surface area (Å²) in [5.41, 5.74) is 5.70.